The molecule has 3 amide bonds. The molecule has 1 aromatic heterocycles. The van der Waals surface area contributed by atoms with Crippen LogP contribution >= 0.6 is 0 Å². The van der Waals surface area contributed by atoms with Crippen LogP contribution in [0.15, 0.2) is 48.6 Å². The molecular weight excluding hydrogens is 683 g/mol. The fourth-order valence-electron chi connectivity index (χ4n) is 8.43. The van der Waals surface area contributed by atoms with Crippen molar-refractivity contribution in [1.82, 2.24) is 24.8 Å². The van der Waals surface area contributed by atoms with Crippen LogP contribution in [-0.4, -0.2) is 89.0 Å². The third kappa shape index (κ3) is 7.90. The number of nitrogens with zero attached hydrogens (tertiary/aromatic N) is 3. The Bertz CT molecular complexity index is 1870. The highest BCUT2D eigenvalue weighted by Crippen LogP contribution is 2.47. The van der Waals surface area contributed by atoms with Gasteiger partial charge in [-0.2, -0.15) is 0 Å². The molecule has 2 aromatic rings. The largest absolute Gasteiger partial charge is 0.460 e. The predicted molar refractivity (Wildman–Crippen MR) is 195 cm³/mol. The van der Waals surface area contributed by atoms with Crippen LogP contribution in [0.4, 0.5) is 0 Å². The first-order valence-corrected chi connectivity index (χ1v) is 20.4. The van der Waals surface area contributed by atoms with Gasteiger partial charge in [0.1, 0.15) is 17.2 Å². The van der Waals surface area contributed by atoms with E-state index in [1.807, 2.05) is 42.5 Å². The van der Waals surface area contributed by atoms with Crippen molar-refractivity contribution in [2.75, 3.05) is 19.6 Å². The number of hydrogen-bond donors (Lipinski definition) is 2. The third-order valence-corrected chi connectivity index (χ3v) is 13.1. The molecule has 13 heteroatoms. The first kappa shape index (κ1) is 36.5. The van der Waals surface area contributed by atoms with Gasteiger partial charge in [0.25, 0.3) is 5.91 Å². The van der Waals surface area contributed by atoms with Crippen molar-refractivity contribution in [2.45, 2.75) is 108 Å². The number of benzene rings is 1. The van der Waals surface area contributed by atoms with Gasteiger partial charge < -0.3 is 15.0 Å². The van der Waals surface area contributed by atoms with Gasteiger partial charge in [0.15, 0.2) is 0 Å². The first-order chi connectivity index (χ1) is 24.7. The minimum atomic E-state index is -3.85. The quantitative estimate of drug-likeness (QED) is 0.319. The molecule has 0 spiro atoms. The normalized spacial score (nSPS) is 30.7. The van der Waals surface area contributed by atoms with Gasteiger partial charge in [-0.25, -0.2) is 8.42 Å². The number of esters is 1. The Kier molecular flexibility index (Phi) is 9.96. The molecule has 2 N–H and O–H groups in total. The van der Waals surface area contributed by atoms with Crippen molar-refractivity contribution in [2.24, 2.45) is 23.7 Å². The number of carbonyl (C=O) groups excluding carboxylic acids is 4. The summed E-state index contributed by atoms with van der Waals surface area (Å²) in [6.45, 7) is 7.50. The molecule has 4 heterocycles. The highest BCUT2D eigenvalue weighted by Gasteiger charge is 2.63. The van der Waals surface area contributed by atoms with Crippen molar-refractivity contribution >= 4 is 44.6 Å². The molecule has 280 valence electrons. The number of pyridine rings is 1. The highest BCUT2D eigenvalue weighted by atomic mass is 32.2. The molecule has 2 aliphatic carbocycles. The number of nitrogens with one attached hydrogen (secondary N) is 2. The van der Waals surface area contributed by atoms with Crippen LogP contribution in [0.5, 0.6) is 0 Å². The Morgan fingerprint density at radius 3 is 2.58 bits per heavy atom. The number of allylic oxidation sites excluding steroid dienone is 1. The second-order valence-electron chi connectivity index (χ2n) is 16.5. The molecule has 7 rings (SSSR count). The van der Waals surface area contributed by atoms with Crippen molar-refractivity contribution in [3.63, 3.8) is 0 Å². The summed E-state index contributed by atoms with van der Waals surface area (Å²) in [6.07, 6.45) is 8.81. The Balaban J connectivity index is 1.17. The lowest BCUT2D eigenvalue weighted by Crippen LogP contribution is -2.58. The first-order valence-electron chi connectivity index (χ1n) is 18.9. The zero-order chi connectivity index (χ0) is 36.8. The molecular formula is C39H51N5O7S. The molecule has 12 nitrogen and oxygen atoms in total. The van der Waals surface area contributed by atoms with Crippen LogP contribution in [0.25, 0.3) is 10.9 Å². The second-order valence-corrected chi connectivity index (χ2v) is 18.5. The molecule has 2 saturated heterocycles. The maximum Gasteiger partial charge on any atom is 0.307 e. The Labute approximate surface area is 306 Å². The Hall–Kier alpha value is -3.84. The smallest absolute Gasteiger partial charge is 0.307 e. The molecule has 4 fully saturated rings. The second kappa shape index (κ2) is 14.2. The van der Waals surface area contributed by atoms with E-state index in [0.29, 0.717) is 45.4 Å². The standard InChI is InChI=1S/C39H51N5O7S/c1-38(2,3)51-33(45)19-26-12-7-5-4-6-8-13-28-20-39(28,37(48)42-52(49,50)30-17-18-30)41-35(46)34-31-24-43(21-27(31)22-44(34)36(26)47)23-29-16-15-25-11-9-10-14-32(25)40-29/h8-11,13-16,26-28,30-31,34H,4-7,12,17-24H2,1-3H3,(H,41,46)(H,42,48)/b13-8-/t26-,27-,28+,31-,34-,39+/m0/s1. The molecule has 1 aromatic carbocycles. The van der Waals surface area contributed by atoms with E-state index in [1.54, 1.807) is 25.7 Å². The average Bonchev–Trinajstić information content (AvgIpc) is 3.97. The molecule has 5 aliphatic rings. The van der Waals surface area contributed by atoms with Gasteiger partial charge in [-0.3, -0.25) is 33.8 Å². The number of aromatic nitrogens is 1. The summed E-state index contributed by atoms with van der Waals surface area (Å²) in [6, 6.07) is 11.1. The lowest BCUT2D eigenvalue weighted by atomic mass is 9.92. The van der Waals surface area contributed by atoms with Crippen LogP contribution in [0.1, 0.15) is 84.3 Å². The lowest BCUT2D eigenvalue weighted by molar-refractivity contribution is -0.159. The topological polar surface area (TPSA) is 155 Å². The van der Waals surface area contributed by atoms with E-state index in [-0.39, 0.29) is 36.5 Å². The van der Waals surface area contributed by atoms with Crippen LogP contribution in [0.2, 0.25) is 0 Å². The summed E-state index contributed by atoms with van der Waals surface area (Å²) in [5.74, 6) is -3.16. The summed E-state index contributed by atoms with van der Waals surface area (Å²) in [7, 11) is -3.85. The Morgan fingerprint density at radius 2 is 1.81 bits per heavy atom. The number of carbonyl (C=O) groups is 4. The number of para-hydroxylation sites is 1. The fourth-order valence-corrected chi connectivity index (χ4v) is 9.80. The van der Waals surface area contributed by atoms with Gasteiger partial charge in [-0.15, -0.1) is 0 Å². The van der Waals surface area contributed by atoms with Crippen molar-refractivity contribution in [3.8, 4) is 0 Å². The van der Waals surface area contributed by atoms with Crippen LogP contribution in [0.3, 0.4) is 0 Å². The van der Waals surface area contributed by atoms with Crippen molar-refractivity contribution in [1.29, 1.82) is 0 Å². The van der Waals surface area contributed by atoms with E-state index >= 15 is 0 Å². The van der Waals surface area contributed by atoms with E-state index in [9.17, 15) is 27.6 Å². The highest BCUT2D eigenvalue weighted by molar-refractivity contribution is 7.91. The predicted octanol–water partition coefficient (Wildman–Crippen LogP) is 3.85. The van der Waals surface area contributed by atoms with E-state index < -0.39 is 56.2 Å². The van der Waals surface area contributed by atoms with Crippen LogP contribution in [-0.2, 0) is 40.5 Å². The number of likely N-dealkylation sites (tertiary alicyclic amines) is 1. The zero-order valence-corrected chi connectivity index (χ0v) is 31.2. The molecule has 6 atom stereocenters. The number of fused-ring (bicyclic) bond motifs is 5. The fraction of sp³-hybridized carbons (Fsp3) is 0.615. The number of sulfonamides is 1. The van der Waals surface area contributed by atoms with E-state index in [2.05, 4.69) is 21.0 Å². The molecule has 52 heavy (non-hydrogen) atoms. The van der Waals surface area contributed by atoms with Crippen molar-refractivity contribution < 1.29 is 32.3 Å². The minimum absolute atomic E-state index is 0.0175. The monoisotopic (exact) mass is 733 g/mol. The minimum Gasteiger partial charge on any atom is -0.460 e. The van der Waals surface area contributed by atoms with Gasteiger partial charge in [-0.1, -0.05) is 49.3 Å². The van der Waals surface area contributed by atoms with Gasteiger partial charge >= 0.3 is 5.97 Å². The van der Waals surface area contributed by atoms with Crippen LogP contribution in [0, 0.1) is 23.7 Å². The number of hydrogen-bond acceptors (Lipinski definition) is 9. The maximum absolute atomic E-state index is 14.6. The summed E-state index contributed by atoms with van der Waals surface area (Å²) in [4.78, 5) is 64.8. The van der Waals surface area contributed by atoms with Crippen molar-refractivity contribution in [3.05, 3.63) is 54.2 Å². The van der Waals surface area contributed by atoms with Gasteiger partial charge in [0, 0.05) is 49.3 Å². The van der Waals surface area contributed by atoms with Gasteiger partial charge in [-0.05, 0) is 77.3 Å². The summed E-state index contributed by atoms with van der Waals surface area (Å²) in [5, 5.41) is 3.48. The number of amides is 3. The van der Waals surface area contributed by atoms with Gasteiger partial charge in [0.05, 0.1) is 22.9 Å². The zero-order valence-electron chi connectivity index (χ0n) is 30.4. The molecule has 2 saturated carbocycles. The van der Waals surface area contributed by atoms with E-state index in [4.69, 9.17) is 9.72 Å². The molecule has 0 bridgehead atoms. The van der Waals surface area contributed by atoms with Crippen LogP contribution < -0.4 is 10.0 Å². The molecule has 0 unspecified atom stereocenters. The molecule has 0 radical (unpaired) electrons. The third-order valence-electron chi connectivity index (χ3n) is 11.3. The summed E-state index contributed by atoms with van der Waals surface area (Å²) in [5.41, 5.74) is -0.304. The number of ether oxygens (including phenoxy) is 1. The summed E-state index contributed by atoms with van der Waals surface area (Å²) < 4.78 is 33.7. The molecule has 3 aliphatic heterocycles. The van der Waals surface area contributed by atoms with Gasteiger partial charge in [0.2, 0.25) is 21.8 Å². The Morgan fingerprint density at radius 1 is 1.02 bits per heavy atom. The van der Waals surface area contributed by atoms with E-state index in [1.165, 1.54) is 0 Å². The van der Waals surface area contributed by atoms with E-state index in [0.717, 1.165) is 42.3 Å². The average molecular weight is 734 g/mol. The lowest BCUT2D eigenvalue weighted by Gasteiger charge is -2.33. The number of rotatable bonds is 7. The maximum atomic E-state index is 14.6. The SMILES string of the molecule is CC(C)(C)OC(=O)C[C@@H]1CCCCC/C=C\[C@@H]2C[C@@]2(C(=O)NS(=O)(=O)C2CC2)NC(=O)[C@@H]2[C@H]3CN(Cc4ccc5ccccc5n4)C[C@H]3CN2C1=O. The summed E-state index contributed by atoms with van der Waals surface area (Å²) >= 11 is 0.